The van der Waals surface area contributed by atoms with Gasteiger partial charge in [0.15, 0.2) is 6.04 Å². The first-order valence-electron chi connectivity index (χ1n) is 11.1. The summed E-state index contributed by atoms with van der Waals surface area (Å²) in [6.07, 6.45) is 3.20. The Morgan fingerprint density at radius 3 is 2.70 bits per heavy atom. The molecule has 1 aliphatic rings. The van der Waals surface area contributed by atoms with Gasteiger partial charge in [0.2, 0.25) is 5.82 Å². The summed E-state index contributed by atoms with van der Waals surface area (Å²) in [6.45, 7) is 12.8. The number of quaternary nitrogens is 1. The van der Waals surface area contributed by atoms with Crippen LogP contribution in [0.4, 0.5) is 0 Å². The number of pyridine rings is 1. The van der Waals surface area contributed by atoms with E-state index in [1.807, 2.05) is 23.7 Å². The van der Waals surface area contributed by atoms with Gasteiger partial charge in [-0.1, -0.05) is 26.0 Å². The van der Waals surface area contributed by atoms with Crippen LogP contribution in [0.15, 0.2) is 29.1 Å². The third-order valence-electron chi connectivity index (χ3n) is 6.86. The molecule has 3 heterocycles. The molecule has 2 N–H and O–H groups in total. The highest BCUT2D eigenvalue weighted by molar-refractivity contribution is 5.79. The minimum Gasteiger partial charge on any atom is -0.322 e. The third kappa shape index (κ3) is 3.78. The number of tetrazole rings is 1. The Hall–Kier alpha value is -2.54. The van der Waals surface area contributed by atoms with Gasteiger partial charge in [0.1, 0.15) is 0 Å². The van der Waals surface area contributed by atoms with Crippen LogP contribution in [-0.4, -0.2) is 38.3 Å². The van der Waals surface area contributed by atoms with Crippen LogP contribution in [-0.2, 0) is 5.54 Å². The van der Waals surface area contributed by atoms with Crippen LogP contribution in [0.5, 0.6) is 0 Å². The number of nitrogens with zero attached hydrogens (tertiary/aromatic N) is 4. The van der Waals surface area contributed by atoms with Gasteiger partial charge in [0, 0.05) is 5.52 Å². The Kier molecular flexibility index (Phi) is 5.49. The highest BCUT2D eigenvalue weighted by Crippen LogP contribution is 2.25. The van der Waals surface area contributed by atoms with Gasteiger partial charge in [0.25, 0.3) is 5.56 Å². The Morgan fingerprint density at radius 1 is 1.27 bits per heavy atom. The van der Waals surface area contributed by atoms with Crippen LogP contribution in [0, 0.1) is 12.8 Å². The van der Waals surface area contributed by atoms with E-state index < -0.39 is 0 Å². The number of fused-ring (bicyclic) bond motifs is 1. The van der Waals surface area contributed by atoms with E-state index in [0.29, 0.717) is 0 Å². The van der Waals surface area contributed by atoms with Gasteiger partial charge >= 0.3 is 0 Å². The van der Waals surface area contributed by atoms with E-state index in [1.54, 1.807) is 0 Å². The first-order valence-corrected chi connectivity index (χ1v) is 11.1. The summed E-state index contributed by atoms with van der Waals surface area (Å²) in [7, 11) is 0. The lowest BCUT2D eigenvalue weighted by atomic mass is 9.94. The normalized spacial score (nSPS) is 21.1. The summed E-state index contributed by atoms with van der Waals surface area (Å²) in [5.41, 5.74) is 2.48. The number of H-pyrrole nitrogens is 1. The van der Waals surface area contributed by atoms with Gasteiger partial charge in [-0.2, -0.15) is 0 Å². The Balaban J connectivity index is 1.88. The molecule has 3 aromatic rings. The zero-order chi connectivity index (χ0) is 21.5. The fraction of sp³-hybridized carbons (Fsp3) is 0.565. The number of aryl methyl sites for hydroxylation is 1. The lowest BCUT2D eigenvalue weighted by Crippen LogP contribution is -3.13. The smallest absolute Gasteiger partial charge is 0.258 e. The predicted molar refractivity (Wildman–Crippen MR) is 118 cm³/mol. The number of aromatic amines is 1. The molecule has 0 unspecified atom stereocenters. The van der Waals surface area contributed by atoms with Crippen LogP contribution in [0.2, 0.25) is 0 Å². The first-order chi connectivity index (χ1) is 14.3. The second-order valence-corrected chi connectivity index (χ2v) is 9.53. The number of piperidine rings is 1. The molecular weight excluding hydrogens is 376 g/mol. The van der Waals surface area contributed by atoms with Crippen molar-refractivity contribution < 1.29 is 4.90 Å². The molecule has 30 heavy (non-hydrogen) atoms. The van der Waals surface area contributed by atoms with Gasteiger partial charge in [-0.15, -0.1) is 5.10 Å². The molecule has 0 radical (unpaired) electrons. The molecule has 1 saturated heterocycles. The van der Waals surface area contributed by atoms with Gasteiger partial charge in [0.05, 0.1) is 24.2 Å². The van der Waals surface area contributed by atoms with E-state index in [2.05, 4.69) is 60.3 Å². The highest BCUT2D eigenvalue weighted by Gasteiger charge is 2.38. The minimum absolute atomic E-state index is 0.0481. The first kappa shape index (κ1) is 20.7. The predicted octanol–water partition coefficient (Wildman–Crippen LogP) is 2.37. The topological polar surface area (TPSA) is 80.9 Å². The molecule has 1 fully saturated rings. The maximum Gasteiger partial charge on any atom is 0.258 e. The van der Waals surface area contributed by atoms with E-state index in [4.69, 9.17) is 0 Å². The number of nitrogens with one attached hydrogen (secondary N) is 2. The van der Waals surface area contributed by atoms with Crippen LogP contribution in [0.3, 0.4) is 0 Å². The zero-order valence-electron chi connectivity index (χ0n) is 18.7. The van der Waals surface area contributed by atoms with Gasteiger partial charge < -0.3 is 9.88 Å². The number of hydrogen-bond donors (Lipinski definition) is 2. The van der Waals surface area contributed by atoms with E-state index in [9.17, 15) is 4.79 Å². The molecule has 160 valence electrons. The average Bonchev–Trinajstić information content (AvgIpc) is 3.20. The minimum atomic E-state index is -0.222. The van der Waals surface area contributed by atoms with Crippen LogP contribution >= 0.6 is 0 Å². The van der Waals surface area contributed by atoms with E-state index in [0.717, 1.165) is 66.1 Å². The fourth-order valence-electron chi connectivity index (χ4n) is 4.46. The summed E-state index contributed by atoms with van der Waals surface area (Å²) < 4.78 is 1.93. The molecule has 4 rings (SSSR count). The summed E-state index contributed by atoms with van der Waals surface area (Å²) in [5.74, 6) is 1.50. The Bertz CT molecular complexity index is 1090. The maximum atomic E-state index is 13.3. The largest absolute Gasteiger partial charge is 0.322 e. The lowest BCUT2D eigenvalue weighted by molar-refractivity contribution is -0.932. The molecule has 7 nitrogen and oxygen atoms in total. The van der Waals surface area contributed by atoms with Crippen LogP contribution in [0.1, 0.15) is 70.0 Å². The van der Waals surface area contributed by atoms with E-state index in [1.165, 1.54) is 4.90 Å². The quantitative estimate of drug-likeness (QED) is 0.678. The SMILES string of the molecule is CCC(C)(C)n1nnnc1[C@@H](c1cc2ccc(C)cc2[nH]c1=O)[NH+]1CCC(C)CC1. The van der Waals surface area contributed by atoms with Gasteiger partial charge in [-0.05, 0) is 79.5 Å². The van der Waals surface area contributed by atoms with Crippen molar-refractivity contribution in [2.45, 2.75) is 65.5 Å². The Labute approximate surface area is 177 Å². The molecule has 0 aliphatic carbocycles. The van der Waals surface area contributed by atoms with E-state index in [-0.39, 0.29) is 17.1 Å². The van der Waals surface area contributed by atoms with E-state index >= 15 is 0 Å². The van der Waals surface area contributed by atoms with Crippen molar-refractivity contribution >= 4 is 10.9 Å². The molecule has 2 aromatic heterocycles. The number of hydrogen-bond acceptors (Lipinski definition) is 4. The number of likely N-dealkylation sites (tertiary alicyclic amines) is 1. The molecular formula is C23H33N6O+. The Morgan fingerprint density at radius 2 is 2.00 bits per heavy atom. The number of rotatable bonds is 5. The highest BCUT2D eigenvalue weighted by atomic mass is 16.1. The van der Waals surface area contributed by atoms with Crippen molar-refractivity contribution in [2.24, 2.45) is 5.92 Å². The number of aromatic nitrogens is 5. The monoisotopic (exact) mass is 409 g/mol. The molecule has 1 atom stereocenters. The lowest BCUT2D eigenvalue weighted by Gasteiger charge is -2.34. The molecule has 0 bridgehead atoms. The third-order valence-corrected chi connectivity index (χ3v) is 6.86. The molecule has 0 saturated carbocycles. The van der Waals surface area contributed by atoms with Crippen molar-refractivity contribution in [1.29, 1.82) is 0 Å². The molecule has 1 aliphatic heterocycles. The van der Waals surface area contributed by atoms with Crippen molar-refractivity contribution in [3.8, 4) is 0 Å². The van der Waals surface area contributed by atoms with Crippen molar-refractivity contribution in [3.05, 3.63) is 51.6 Å². The van der Waals surface area contributed by atoms with Crippen molar-refractivity contribution in [1.82, 2.24) is 25.2 Å². The average molecular weight is 410 g/mol. The summed E-state index contributed by atoms with van der Waals surface area (Å²) in [4.78, 5) is 17.8. The van der Waals surface area contributed by atoms with Crippen LogP contribution in [0.25, 0.3) is 10.9 Å². The summed E-state index contributed by atoms with van der Waals surface area (Å²) >= 11 is 0. The van der Waals surface area contributed by atoms with Crippen molar-refractivity contribution in [3.63, 3.8) is 0 Å². The molecule has 7 heteroatoms. The standard InChI is InChI=1S/C23H32N6O/c1-6-23(4,5)29-21(25-26-27-29)20(28-11-9-15(2)10-12-28)18-14-17-8-7-16(3)13-19(17)24-22(18)30/h7-8,13-15,20H,6,9-12H2,1-5H3,(H,24,30)/p+1/t20-/m1/s1. The molecule has 0 spiro atoms. The van der Waals surface area contributed by atoms with Gasteiger partial charge in [-0.25, -0.2) is 4.68 Å². The summed E-state index contributed by atoms with van der Waals surface area (Å²) in [6, 6.07) is 8.04. The second kappa shape index (κ2) is 7.95. The molecule has 0 amide bonds. The zero-order valence-corrected chi connectivity index (χ0v) is 18.7. The fourth-order valence-corrected chi connectivity index (χ4v) is 4.46. The van der Waals surface area contributed by atoms with Crippen molar-refractivity contribution in [2.75, 3.05) is 13.1 Å². The maximum absolute atomic E-state index is 13.3. The van der Waals surface area contributed by atoms with Gasteiger partial charge in [-0.3, -0.25) is 4.79 Å². The number of benzene rings is 1. The molecule has 1 aromatic carbocycles. The second-order valence-electron chi connectivity index (χ2n) is 9.53. The summed E-state index contributed by atoms with van der Waals surface area (Å²) in [5, 5.41) is 13.9. The van der Waals surface area contributed by atoms with Crippen LogP contribution < -0.4 is 10.5 Å².